The highest BCUT2D eigenvalue weighted by molar-refractivity contribution is 9.10. The summed E-state index contributed by atoms with van der Waals surface area (Å²) in [4.78, 5) is 0. The molecule has 0 saturated carbocycles. The van der Waals surface area contributed by atoms with E-state index in [-0.39, 0.29) is 0 Å². The Balaban J connectivity index is 2.81. The Kier molecular flexibility index (Phi) is 6.17. The molecule has 0 aliphatic rings. The van der Waals surface area contributed by atoms with Crippen LogP contribution in [0, 0.1) is 13.8 Å². The summed E-state index contributed by atoms with van der Waals surface area (Å²) in [6.07, 6.45) is 2.18. The zero-order chi connectivity index (χ0) is 12.8. The fourth-order valence-electron chi connectivity index (χ4n) is 2.09. The van der Waals surface area contributed by atoms with E-state index in [2.05, 4.69) is 47.2 Å². The maximum absolute atomic E-state index is 5.10. The first-order valence-corrected chi connectivity index (χ1v) is 6.82. The molecule has 0 aliphatic carbocycles. The summed E-state index contributed by atoms with van der Waals surface area (Å²) in [5.74, 6) is 0. The molecule has 0 amide bonds. The van der Waals surface area contributed by atoms with E-state index in [1.165, 1.54) is 21.2 Å². The average Bonchev–Trinajstić information content (AvgIpc) is 2.31. The van der Waals surface area contributed by atoms with E-state index in [1.807, 2.05) is 7.05 Å². The molecule has 0 radical (unpaired) electrons. The number of methoxy groups -OCH3 is 1. The van der Waals surface area contributed by atoms with Crippen LogP contribution in [0.15, 0.2) is 16.6 Å². The lowest BCUT2D eigenvalue weighted by Crippen LogP contribution is -2.17. The Morgan fingerprint density at radius 3 is 2.35 bits per heavy atom. The topological polar surface area (TPSA) is 21.3 Å². The van der Waals surface area contributed by atoms with Crippen molar-refractivity contribution in [3.05, 3.63) is 33.3 Å². The number of nitrogens with one attached hydrogen (secondary N) is 1. The maximum atomic E-state index is 5.10. The Hall–Kier alpha value is -0.380. The summed E-state index contributed by atoms with van der Waals surface area (Å²) < 4.78 is 6.32. The first-order valence-electron chi connectivity index (χ1n) is 6.03. The van der Waals surface area contributed by atoms with E-state index in [0.29, 0.717) is 6.04 Å². The van der Waals surface area contributed by atoms with Crippen molar-refractivity contribution in [1.82, 2.24) is 5.32 Å². The molecule has 0 spiro atoms. The highest BCUT2D eigenvalue weighted by Gasteiger charge is 2.11. The van der Waals surface area contributed by atoms with Crippen LogP contribution in [0.2, 0.25) is 0 Å². The molecule has 0 heterocycles. The molecular formula is C14H22BrNO. The molecule has 17 heavy (non-hydrogen) atoms. The summed E-state index contributed by atoms with van der Waals surface area (Å²) in [6.45, 7) is 5.11. The summed E-state index contributed by atoms with van der Waals surface area (Å²) >= 11 is 3.61. The molecule has 2 nitrogen and oxygen atoms in total. The Bertz CT molecular complexity index is 342. The summed E-state index contributed by atoms with van der Waals surface area (Å²) in [5, 5.41) is 3.38. The molecule has 0 saturated heterocycles. The molecule has 0 aromatic heterocycles. The van der Waals surface area contributed by atoms with Crippen LogP contribution in [0.25, 0.3) is 0 Å². The van der Waals surface area contributed by atoms with Gasteiger partial charge >= 0.3 is 0 Å². The van der Waals surface area contributed by atoms with Crippen LogP contribution in [-0.4, -0.2) is 20.8 Å². The number of halogens is 1. The summed E-state index contributed by atoms with van der Waals surface area (Å²) in [7, 11) is 3.77. The number of rotatable bonds is 6. The smallest absolute Gasteiger partial charge is 0.0462 e. The Labute approximate surface area is 113 Å². The number of aryl methyl sites for hydroxylation is 2. The largest absolute Gasteiger partial charge is 0.385 e. The molecule has 1 rings (SSSR count). The number of ether oxygens (including phenoxy) is 1. The predicted octanol–water partition coefficient (Wildman–Crippen LogP) is 3.75. The van der Waals surface area contributed by atoms with E-state index in [0.717, 1.165) is 19.4 Å². The minimum atomic E-state index is 0.413. The maximum Gasteiger partial charge on any atom is 0.0462 e. The van der Waals surface area contributed by atoms with Crippen molar-refractivity contribution in [1.29, 1.82) is 0 Å². The first-order chi connectivity index (χ1) is 8.10. The Morgan fingerprint density at radius 1 is 1.29 bits per heavy atom. The average molecular weight is 300 g/mol. The van der Waals surface area contributed by atoms with Crippen LogP contribution in [0.1, 0.15) is 35.6 Å². The van der Waals surface area contributed by atoms with Crippen molar-refractivity contribution in [2.75, 3.05) is 20.8 Å². The standard InChI is InChI=1S/C14H22BrNO/c1-10-8-12(9-11(2)14(10)15)13(16-3)6-5-7-17-4/h8-9,13,16H,5-7H2,1-4H3. The van der Waals surface area contributed by atoms with Gasteiger partial charge in [-0.15, -0.1) is 0 Å². The van der Waals surface area contributed by atoms with Gasteiger partial charge in [0.25, 0.3) is 0 Å². The van der Waals surface area contributed by atoms with Gasteiger partial charge in [0, 0.05) is 24.2 Å². The fourth-order valence-corrected chi connectivity index (χ4v) is 2.32. The van der Waals surface area contributed by atoms with Gasteiger partial charge in [0.15, 0.2) is 0 Å². The molecule has 1 atom stereocenters. The molecule has 0 aliphatic heterocycles. The van der Waals surface area contributed by atoms with Gasteiger partial charge in [0.2, 0.25) is 0 Å². The molecule has 0 fully saturated rings. The van der Waals surface area contributed by atoms with Crippen molar-refractivity contribution in [2.24, 2.45) is 0 Å². The van der Waals surface area contributed by atoms with E-state index in [4.69, 9.17) is 4.74 Å². The van der Waals surface area contributed by atoms with Gasteiger partial charge in [0.1, 0.15) is 0 Å². The zero-order valence-electron chi connectivity index (χ0n) is 11.1. The van der Waals surface area contributed by atoms with Gasteiger partial charge < -0.3 is 10.1 Å². The third-order valence-electron chi connectivity index (χ3n) is 3.05. The van der Waals surface area contributed by atoms with Crippen molar-refractivity contribution in [3.8, 4) is 0 Å². The van der Waals surface area contributed by atoms with E-state index in [1.54, 1.807) is 7.11 Å². The highest BCUT2D eigenvalue weighted by Crippen LogP contribution is 2.27. The SMILES string of the molecule is CNC(CCCOC)c1cc(C)c(Br)c(C)c1. The van der Waals surface area contributed by atoms with Crippen molar-refractivity contribution < 1.29 is 4.74 Å². The normalized spacial score (nSPS) is 12.8. The van der Waals surface area contributed by atoms with Gasteiger partial charge in [0.05, 0.1) is 0 Å². The van der Waals surface area contributed by atoms with Crippen LogP contribution in [-0.2, 0) is 4.74 Å². The van der Waals surface area contributed by atoms with Crippen LogP contribution >= 0.6 is 15.9 Å². The van der Waals surface area contributed by atoms with Crippen molar-refractivity contribution in [3.63, 3.8) is 0 Å². The molecule has 1 aromatic carbocycles. The highest BCUT2D eigenvalue weighted by atomic mass is 79.9. The molecule has 1 N–H and O–H groups in total. The predicted molar refractivity (Wildman–Crippen MR) is 76.5 cm³/mol. The summed E-state index contributed by atoms with van der Waals surface area (Å²) in [6, 6.07) is 4.92. The molecule has 1 unspecified atom stereocenters. The Morgan fingerprint density at radius 2 is 1.88 bits per heavy atom. The minimum absolute atomic E-state index is 0.413. The second kappa shape index (κ2) is 7.14. The van der Waals surface area contributed by atoms with Crippen molar-refractivity contribution in [2.45, 2.75) is 32.7 Å². The lowest BCUT2D eigenvalue weighted by Gasteiger charge is -2.18. The van der Waals surface area contributed by atoms with Gasteiger partial charge in [-0.1, -0.05) is 28.1 Å². The lowest BCUT2D eigenvalue weighted by atomic mass is 9.98. The fraction of sp³-hybridized carbons (Fsp3) is 0.571. The molecule has 1 aromatic rings. The third-order valence-corrected chi connectivity index (χ3v) is 4.30. The van der Waals surface area contributed by atoms with Crippen LogP contribution in [0.3, 0.4) is 0 Å². The van der Waals surface area contributed by atoms with Gasteiger partial charge in [-0.05, 0) is 50.4 Å². The molecule has 0 bridgehead atoms. The van der Waals surface area contributed by atoms with Gasteiger partial charge in [-0.2, -0.15) is 0 Å². The monoisotopic (exact) mass is 299 g/mol. The third kappa shape index (κ3) is 4.09. The van der Waals surface area contributed by atoms with Crippen LogP contribution < -0.4 is 5.32 Å². The van der Waals surface area contributed by atoms with Crippen molar-refractivity contribution >= 4 is 15.9 Å². The second-order valence-corrected chi connectivity index (χ2v) is 5.24. The number of benzene rings is 1. The van der Waals surface area contributed by atoms with Crippen LogP contribution in [0.5, 0.6) is 0 Å². The van der Waals surface area contributed by atoms with E-state index >= 15 is 0 Å². The number of hydrogen-bond donors (Lipinski definition) is 1. The quantitative estimate of drug-likeness (QED) is 0.808. The van der Waals surface area contributed by atoms with E-state index < -0.39 is 0 Å². The van der Waals surface area contributed by atoms with E-state index in [9.17, 15) is 0 Å². The molecular weight excluding hydrogens is 278 g/mol. The molecule has 96 valence electrons. The lowest BCUT2D eigenvalue weighted by molar-refractivity contribution is 0.189. The summed E-state index contributed by atoms with van der Waals surface area (Å²) in [5.41, 5.74) is 3.96. The van der Waals surface area contributed by atoms with Crippen LogP contribution in [0.4, 0.5) is 0 Å². The minimum Gasteiger partial charge on any atom is -0.385 e. The van der Waals surface area contributed by atoms with Gasteiger partial charge in [-0.25, -0.2) is 0 Å². The zero-order valence-corrected chi connectivity index (χ0v) is 12.7. The number of hydrogen-bond acceptors (Lipinski definition) is 2. The first kappa shape index (κ1) is 14.7. The second-order valence-electron chi connectivity index (χ2n) is 4.44. The van der Waals surface area contributed by atoms with Gasteiger partial charge in [-0.3, -0.25) is 0 Å². The molecule has 3 heteroatoms.